The summed E-state index contributed by atoms with van der Waals surface area (Å²) < 4.78 is 0. The van der Waals surface area contributed by atoms with Crippen molar-refractivity contribution in [2.24, 2.45) is 0 Å². The van der Waals surface area contributed by atoms with Crippen molar-refractivity contribution < 1.29 is 14.7 Å². The maximum Gasteiger partial charge on any atom is 0.335 e. The molecular formula is C20H23NO3S. The lowest BCUT2D eigenvalue weighted by Crippen LogP contribution is -2.14. The minimum Gasteiger partial charge on any atom is -0.478 e. The van der Waals surface area contributed by atoms with Crippen LogP contribution in [-0.2, 0) is 10.2 Å². The predicted octanol–water partition coefficient (Wildman–Crippen LogP) is 4.72. The van der Waals surface area contributed by atoms with Crippen molar-refractivity contribution in [3.63, 3.8) is 0 Å². The van der Waals surface area contributed by atoms with Gasteiger partial charge in [0, 0.05) is 10.6 Å². The van der Waals surface area contributed by atoms with Crippen molar-refractivity contribution in [1.82, 2.24) is 0 Å². The molecule has 0 atom stereocenters. The molecule has 0 heterocycles. The number of anilines is 1. The fourth-order valence-corrected chi connectivity index (χ4v) is 3.12. The molecule has 2 rings (SSSR count). The monoisotopic (exact) mass is 357 g/mol. The number of aryl methyl sites for hydroxylation is 1. The van der Waals surface area contributed by atoms with Crippen LogP contribution in [0.4, 0.5) is 5.69 Å². The number of aromatic carboxylic acids is 1. The maximum absolute atomic E-state index is 12.1. The summed E-state index contributed by atoms with van der Waals surface area (Å²) in [4.78, 5) is 24.1. The number of benzene rings is 2. The molecule has 2 aromatic carbocycles. The highest BCUT2D eigenvalue weighted by Gasteiger charge is 2.15. The molecule has 0 saturated carbocycles. The number of thioether (sulfide) groups is 1. The Bertz CT molecular complexity index is 777. The maximum atomic E-state index is 12.1. The van der Waals surface area contributed by atoms with E-state index in [4.69, 9.17) is 5.11 Å². The molecule has 0 fully saturated rings. The number of amides is 1. The van der Waals surface area contributed by atoms with Gasteiger partial charge in [0.05, 0.1) is 11.3 Å². The van der Waals surface area contributed by atoms with Crippen molar-refractivity contribution in [3.05, 3.63) is 59.2 Å². The minimum atomic E-state index is -0.984. The number of carbonyl (C=O) groups excluding carboxylic acids is 1. The molecule has 0 aliphatic heterocycles. The van der Waals surface area contributed by atoms with E-state index in [1.54, 1.807) is 12.1 Å². The number of carboxylic acid groups (broad SMARTS) is 1. The van der Waals surface area contributed by atoms with E-state index in [0.717, 1.165) is 10.5 Å². The molecule has 0 aliphatic rings. The van der Waals surface area contributed by atoms with Gasteiger partial charge in [0.2, 0.25) is 5.91 Å². The van der Waals surface area contributed by atoms with E-state index in [0.29, 0.717) is 11.4 Å². The summed E-state index contributed by atoms with van der Waals surface area (Å²) >= 11 is 1.51. The summed E-state index contributed by atoms with van der Waals surface area (Å²) in [7, 11) is 0. The molecule has 5 heteroatoms. The van der Waals surface area contributed by atoms with Gasteiger partial charge in [-0.3, -0.25) is 4.79 Å². The van der Waals surface area contributed by atoms with E-state index < -0.39 is 5.97 Å². The largest absolute Gasteiger partial charge is 0.478 e. The molecule has 25 heavy (non-hydrogen) atoms. The second-order valence-electron chi connectivity index (χ2n) is 6.95. The van der Waals surface area contributed by atoms with Crippen molar-refractivity contribution >= 4 is 29.3 Å². The van der Waals surface area contributed by atoms with Gasteiger partial charge in [-0.25, -0.2) is 4.79 Å². The van der Waals surface area contributed by atoms with Crippen LogP contribution in [0.15, 0.2) is 47.4 Å². The first-order valence-electron chi connectivity index (χ1n) is 8.04. The second-order valence-corrected chi connectivity index (χ2v) is 7.97. The van der Waals surface area contributed by atoms with Crippen LogP contribution >= 0.6 is 11.8 Å². The summed E-state index contributed by atoms with van der Waals surface area (Å²) in [6.07, 6.45) is 0. The smallest absolute Gasteiger partial charge is 0.335 e. The molecule has 0 saturated heterocycles. The molecule has 4 nitrogen and oxygen atoms in total. The standard InChI is InChI=1S/C20H23NO3S/c1-13-5-8-15(20(2,3)4)11-17(13)25-12-18(22)21-16-9-6-14(7-10-16)19(23)24/h5-11H,12H2,1-4H3,(H,21,22)(H,23,24). The lowest BCUT2D eigenvalue weighted by molar-refractivity contribution is -0.113. The van der Waals surface area contributed by atoms with Gasteiger partial charge >= 0.3 is 5.97 Å². The number of hydrogen-bond acceptors (Lipinski definition) is 3. The molecule has 0 spiro atoms. The zero-order chi connectivity index (χ0) is 18.6. The lowest BCUT2D eigenvalue weighted by atomic mass is 9.87. The molecule has 2 N–H and O–H groups in total. The van der Waals surface area contributed by atoms with E-state index in [1.807, 2.05) is 6.92 Å². The van der Waals surface area contributed by atoms with Gasteiger partial charge in [0.25, 0.3) is 0 Å². The Morgan fingerprint density at radius 3 is 2.28 bits per heavy atom. The quantitative estimate of drug-likeness (QED) is 0.760. The fraction of sp³-hybridized carbons (Fsp3) is 0.300. The Morgan fingerprint density at radius 1 is 1.08 bits per heavy atom. The van der Waals surface area contributed by atoms with Crippen molar-refractivity contribution in [1.29, 1.82) is 0 Å². The van der Waals surface area contributed by atoms with Crippen LogP contribution in [0.25, 0.3) is 0 Å². The van der Waals surface area contributed by atoms with Crippen LogP contribution in [0.1, 0.15) is 42.3 Å². The van der Waals surface area contributed by atoms with Gasteiger partial charge in [-0.15, -0.1) is 11.8 Å². The van der Waals surface area contributed by atoms with Gasteiger partial charge in [-0.1, -0.05) is 32.9 Å². The average molecular weight is 357 g/mol. The van der Waals surface area contributed by atoms with Crippen LogP contribution in [0.2, 0.25) is 0 Å². The highest BCUT2D eigenvalue weighted by molar-refractivity contribution is 8.00. The normalized spacial score (nSPS) is 11.2. The Labute approximate surface area is 152 Å². The Hall–Kier alpha value is -2.27. The fourth-order valence-electron chi connectivity index (χ4n) is 2.26. The van der Waals surface area contributed by atoms with Gasteiger partial charge in [-0.2, -0.15) is 0 Å². The molecular weight excluding hydrogens is 334 g/mol. The zero-order valence-corrected chi connectivity index (χ0v) is 15.7. The van der Waals surface area contributed by atoms with Gasteiger partial charge in [0.1, 0.15) is 0 Å². The third-order valence-corrected chi connectivity index (χ3v) is 4.99. The molecule has 132 valence electrons. The van der Waals surface area contributed by atoms with E-state index in [2.05, 4.69) is 44.3 Å². The van der Waals surface area contributed by atoms with Crippen molar-refractivity contribution in [2.75, 3.05) is 11.1 Å². The number of hydrogen-bond donors (Lipinski definition) is 2. The number of carbonyl (C=O) groups is 2. The minimum absolute atomic E-state index is 0.0666. The Morgan fingerprint density at radius 2 is 1.72 bits per heavy atom. The SMILES string of the molecule is Cc1ccc(C(C)(C)C)cc1SCC(=O)Nc1ccc(C(=O)O)cc1. The molecule has 0 aliphatic carbocycles. The topological polar surface area (TPSA) is 66.4 Å². The number of nitrogens with one attached hydrogen (secondary N) is 1. The van der Waals surface area contributed by atoms with Crippen LogP contribution < -0.4 is 5.32 Å². The predicted molar refractivity (Wildman–Crippen MR) is 103 cm³/mol. The first-order valence-corrected chi connectivity index (χ1v) is 9.02. The van der Waals surface area contributed by atoms with E-state index >= 15 is 0 Å². The van der Waals surface area contributed by atoms with Crippen LogP contribution in [-0.4, -0.2) is 22.7 Å². The first-order chi connectivity index (χ1) is 11.7. The van der Waals surface area contributed by atoms with Gasteiger partial charge < -0.3 is 10.4 Å². The van der Waals surface area contributed by atoms with Gasteiger partial charge in [-0.05, 0) is 53.8 Å². The highest BCUT2D eigenvalue weighted by atomic mass is 32.2. The highest BCUT2D eigenvalue weighted by Crippen LogP contribution is 2.29. The van der Waals surface area contributed by atoms with Crippen LogP contribution in [0, 0.1) is 6.92 Å². The second kappa shape index (κ2) is 7.74. The molecule has 0 aromatic heterocycles. The van der Waals surface area contributed by atoms with Crippen molar-refractivity contribution in [3.8, 4) is 0 Å². The molecule has 0 unspecified atom stereocenters. The summed E-state index contributed by atoms with van der Waals surface area (Å²) in [5, 5.41) is 11.7. The Balaban J connectivity index is 1.99. The summed E-state index contributed by atoms with van der Waals surface area (Å²) in [5.41, 5.74) is 3.25. The summed E-state index contributed by atoms with van der Waals surface area (Å²) in [6.45, 7) is 8.54. The molecule has 2 aromatic rings. The summed E-state index contributed by atoms with van der Waals surface area (Å²) in [5.74, 6) is -0.800. The first kappa shape index (κ1) is 19.1. The molecule has 0 bridgehead atoms. The summed E-state index contributed by atoms with van der Waals surface area (Å²) in [6, 6.07) is 12.5. The van der Waals surface area contributed by atoms with Crippen LogP contribution in [0.5, 0.6) is 0 Å². The number of rotatable bonds is 5. The lowest BCUT2D eigenvalue weighted by Gasteiger charge is -2.20. The number of carboxylic acids is 1. The van der Waals surface area contributed by atoms with E-state index in [-0.39, 0.29) is 16.9 Å². The van der Waals surface area contributed by atoms with E-state index in [1.165, 1.54) is 29.5 Å². The molecule has 0 radical (unpaired) electrons. The van der Waals surface area contributed by atoms with E-state index in [9.17, 15) is 9.59 Å². The van der Waals surface area contributed by atoms with Crippen LogP contribution in [0.3, 0.4) is 0 Å². The Kier molecular flexibility index (Phi) is 5.90. The third-order valence-electron chi connectivity index (χ3n) is 3.83. The third kappa shape index (κ3) is 5.36. The van der Waals surface area contributed by atoms with Gasteiger partial charge in [0.15, 0.2) is 0 Å². The molecule has 1 amide bonds. The average Bonchev–Trinajstić information content (AvgIpc) is 2.53. The zero-order valence-electron chi connectivity index (χ0n) is 14.9. The van der Waals surface area contributed by atoms with Crippen molar-refractivity contribution in [2.45, 2.75) is 38.0 Å².